The van der Waals surface area contributed by atoms with Crippen molar-refractivity contribution in [2.45, 2.75) is 24.8 Å². The summed E-state index contributed by atoms with van der Waals surface area (Å²) in [7, 11) is -3.09. The summed E-state index contributed by atoms with van der Waals surface area (Å²) in [6.07, 6.45) is 1.20. The molecule has 25 heavy (non-hydrogen) atoms. The first-order valence-electron chi connectivity index (χ1n) is 7.57. The van der Waals surface area contributed by atoms with E-state index in [0.717, 1.165) is 11.1 Å². The van der Waals surface area contributed by atoms with Crippen LogP contribution in [0.3, 0.4) is 0 Å². The van der Waals surface area contributed by atoms with Crippen molar-refractivity contribution in [3.8, 4) is 0 Å². The van der Waals surface area contributed by atoms with Crippen molar-refractivity contribution in [3.63, 3.8) is 0 Å². The highest BCUT2D eigenvalue weighted by atomic mass is 35.5. The predicted molar refractivity (Wildman–Crippen MR) is 102 cm³/mol. The zero-order valence-electron chi connectivity index (χ0n) is 14.2. The SMILES string of the molecule is CC(N)(C(=O)NCc1cccc(CS(C)(=O)=O)c1)c1ccccc1.Cl. The van der Waals surface area contributed by atoms with Crippen LogP contribution in [0.5, 0.6) is 0 Å². The van der Waals surface area contributed by atoms with Gasteiger partial charge in [0.25, 0.3) is 0 Å². The van der Waals surface area contributed by atoms with Gasteiger partial charge in [-0.15, -0.1) is 12.4 Å². The average molecular weight is 383 g/mol. The van der Waals surface area contributed by atoms with E-state index >= 15 is 0 Å². The molecule has 0 spiro atoms. The van der Waals surface area contributed by atoms with Gasteiger partial charge in [-0.3, -0.25) is 4.79 Å². The first kappa shape index (κ1) is 21.2. The minimum atomic E-state index is -3.09. The van der Waals surface area contributed by atoms with Crippen molar-refractivity contribution in [3.05, 3.63) is 71.3 Å². The Labute approximate surface area is 155 Å². The minimum absolute atomic E-state index is 0. The quantitative estimate of drug-likeness (QED) is 0.801. The number of hydrogen-bond donors (Lipinski definition) is 2. The smallest absolute Gasteiger partial charge is 0.244 e. The number of rotatable bonds is 6. The molecular formula is C18H23ClN2O3S. The lowest BCUT2D eigenvalue weighted by atomic mass is 9.92. The van der Waals surface area contributed by atoms with Crippen molar-refractivity contribution in [2.24, 2.45) is 5.73 Å². The maximum Gasteiger partial charge on any atom is 0.244 e. The maximum atomic E-state index is 12.4. The normalized spacial score (nSPS) is 13.4. The van der Waals surface area contributed by atoms with Gasteiger partial charge in [-0.25, -0.2) is 8.42 Å². The molecule has 7 heteroatoms. The molecule has 0 heterocycles. The van der Waals surface area contributed by atoms with E-state index in [4.69, 9.17) is 5.73 Å². The van der Waals surface area contributed by atoms with Crippen LogP contribution in [0.1, 0.15) is 23.6 Å². The van der Waals surface area contributed by atoms with Crippen LogP contribution in [-0.2, 0) is 32.5 Å². The minimum Gasteiger partial charge on any atom is -0.350 e. The lowest BCUT2D eigenvalue weighted by Gasteiger charge is -2.24. The van der Waals surface area contributed by atoms with E-state index < -0.39 is 15.4 Å². The van der Waals surface area contributed by atoms with Gasteiger partial charge in [-0.05, 0) is 23.6 Å². The van der Waals surface area contributed by atoms with Gasteiger partial charge in [0.2, 0.25) is 5.91 Å². The van der Waals surface area contributed by atoms with Gasteiger partial charge in [0.1, 0.15) is 5.54 Å². The van der Waals surface area contributed by atoms with Gasteiger partial charge >= 0.3 is 0 Å². The Morgan fingerprint density at radius 2 is 1.68 bits per heavy atom. The first-order chi connectivity index (χ1) is 11.2. The van der Waals surface area contributed by atoms with Crippen LogP contribution in [0.4, 0.5) is 0 Å². The molecule has 0 fully saturated rings. The van der Waals surface area contributed by atoms with E-state index in [1.54, 1.807) is 25.1 Å². The van der Waals surface area contributed by atoms with Crippen molar-refractivity contribution in [2.75, 3.05) is 6.26 Å². The highest BCUT2D eigenvalue weighted by Crippen LogP contribution is 2.17. The van der Waals surface area contributed by atoms with E-state index in [-0.39, 0.29) is 30.6 Å². The van der Waals surface area contributed by atoms with E-state index in [9.17, 15) is 13.2 Å². The van der Waals surface area contributed by atoms with Gasteiger partial charge in [0, 0.05) is 12.8 Å². The van der Waals surface area contributed by atoms with Crippen LogP contribution >= 0.6 is 12.4 Å². The number of carbonyl (C=O) groups excluding carboxylic acids is 1. The molecule has 2 aromatic rings. The van der Waals surface area contributed by atoms with E-state index in [1.165, 1.54) is 6.26 Å². The van der Waals surface area contributed by atoms with Crippen LogP contribution in [0.25, 0.3) is 0 Å². The Kier molecular flexibility index (Phi) is 7.17. The monoisotopic (exact) mass is 382 g/mol. The van der Waals surface area contributed by atoms with E-state index in [2.05, 4.69) is 5.32 Å². The molecule has 5 nitrogen and oxygen atoms in total. The van der Waals surface area contributed by atoms with E-state index in [1.807, 2.05) is 36.4 Å². The fourth-order valence-electron chi connectivity index (χ4n) is 2.41. The fourth-order valence-corrected chi connectivity index (χ4v) is 3.20. The molecule has 1 atom stereocenters. The summed E-state index contributed by atoms with van der Waals surface area (Å²) in [6, 6.07) is 16.3. The number of nitrogens with one attached hydrogen (secondary N) is 1. The summed E-state index contributed by atoms with van der Waals surface area (Å²) in [5.74, 6) is -0.310. The maximum absolute atomic E-state index is 12.4. The molecule has 2 rings (SSSR count). The second-order valence-electron chi connectivity index (χ2n) is 6.14. The van der Waals surface area contributed by atoms with Crippen LogP contribution in [0, 0.1) is 0 Å². The lowest BCUT2D eigenvalue weighted by Crippen LogP contribution is -2.48. The standard InChI is InChI=1S/C18H22N2O3S.ClH/c1-18(19,16-9-4-3-5-10-16)17(21)20-12-14-7-6-8-15(11-14)13-24(2,22)23;/h3-11H,12-13,19H2,1-2H3,(H,20,21);1H. The molecule has 3 N–H and O–H groups in total. The molecule has 0 aliphatic rings. The molecule has 136 valence electrons. The Balaban J connectivity index is 0.00000312. The van der Waals surface area contributed by atoms with Crippen molar-refractivity contribution in [1.82, 2.24) is 5.32 Å². The Morgan fingerprint density at radius 1 is 1.08 bits per heavy atom. The van der Waals surface area contributed by atoms with Gasteiger partial charge in [0.15, 0.2) is 9.84 Å². The van der Waals surface area contributed by atoms with Gasteiger partial charge in [0.05, 0.1) is 5.75 Å². The zero-order valence-corrected chi connectivity index (χ0v) is 15.9. The van der Waals surface area contributed by atoms with Crippen LogP contribution in [0.2, 0.25) is 0 Å². The zero-order chi connectivity index (χ0) is 17.8. The van der Waals surface area contributed by atoms with E-state index in [0.29, 0.717) is 5.56 Å². The third kappa shape index (κ3) is 6.16. The molecule has 0 aliphatic carbocycles. The summed E-state index contributed by atoms with van der Waals surface area (Å²) < 4.78 is 22.8. The molecule has 0 bridgehead atoms. The number of carbonyl (C=O) groups is 1. The number of halogens is 1. The third-order valence-electron chi connectivity index (χ3n) is 3.72. The Bertz CT molecular complexity index is 821. The van der Waals surface area contributed by atoms with Crippen LogP contribution < -0.4 is 11.1 Å². The molecule has 0 saturated carbocycles. The first-order valence-corrected chi connectivity index (χ1v) is 9.63. The third-order valence-corrected chi connectivity index (χ3v) is 4.58. The Morgan fingerprint density at radius 3 is 2.28 bits per heavy atom. The second-order valence-corrected chi connectivity index (χ2v) is 8.28. The van der Waals surface area contributed by atoms with Gasteiger partial charge < -0.3 is 11.1 Å². The number of sulfone groups is 1. The summed E-state index contributed by atoms with van der Waals surface area (Å²) >= 11 is 0. The number of nitrogens with two attached hydrogens (primary N) is 1. The molecular weight excluding hydrogens is 360 g/mol. The molecule has 0 aromatic heterocycles. The Hall–Kier alpha value is -1.89. The van der Waals surface area contributed by atoms with Crippen LogP contribution in [0.15, 0.2) is 54.6 Å². The number of hydrogen-bond acceptors (Lipinski definition) is 4. The molecule has 0 saturated heterocycles. The highest BCUT2D eigenvalue weighted by Gasteiger charge is 2.29. The summed E-state index contributed by atoms with van der Waals surface area (Å²) in [4.78, 5) is 12.4. The summed E-state index contributed by atoms with van der Waals surface area (Å²) in [5.41, 5.74) is 7.29. The average Bonchev–Trinajstić information content (AvgIpc) is 2.52. The second kappa shape index (κ2) is 8.47. The van der Waals surface area contributed by atoms with Crippen molar-refractivity contribution >= 4 is 28.2 Å². The van der Waals surface area contributed by atoms with Crippen LogP contribution in [-0.4, -0.2) is 20.6 Å². The lowest BCUT2D eigenvalue weighted by molar-refractivity contribution is -0.126. The van der Waals surface area contributed by atoms with Crippen molar-refractivity contribution in [1.29, 1.82) is 0 Å². The van der Waals surface area contributed by atoms with Crippen molar-refractivity contribution < 1.29 is 13.2 Å². The highest BCUT2D eigenvalue weighted by molar-refractivity contribution is 7.89. The molecule has 1 amide bonds. The predicted octanol–water partition coefficient (Wildman–Crippen LogP) is 2.14. The summed E-state index contributed by atoms with van der Waals surface area (Å²) in [6.45, 7) is 1.95. The molecule has 0 aliphatic heterocycles. The van der Waals surface area contributed by atoms with Gasteiger partial charge in [-0.1, -0.05) is 54.6 Å². The molecule has 0 radical (unpaired) electrons. The molecule has 1 unspecified atom stereocenters. The topological polar surface area (TPSA) is 89.3 Å². The molecule has 2 aromatic carbocycles. The number of amides is 1. The fraction of sp³-hybridized carbons (Fsp3) is 0.278. The number of benzene rings is 2. The largest absolute Gasteiger partial charge is 0.350 e. The summed E-state index contributed by atoms with van der Waals surface area (Å²) in [5, 5.41) is 2.81. The van der Waals surface area contributed by atoms with Gasteiger partial charge in [-0.2, -0.15) is 0 Å².